The van der Waals surface area contributed by atoms with E-state index >= 15 is 0 Å². The molecule has 0 spiro atoms. The molecule has 0 bridgehead atoms. The highest BCUT2D eigenvalue weighted by atomic mass is 16.2. The number of imidazole rings is 1. The van der Waals surface area contributed by atoms with E-state index in [1.54, 1.807) is 42.3 Å². The molecule has 3 aromatic heterocycles. The molecule has 1 amide bonds. The highest BCUT2D eigenvalue weighted by Gasteiger charge is 2.44. The van der Waals surface area contributed by atoms with Gasteiger partial charge in [-0.25, -0.2) is 15.0 Å². The monoisotopic (exact) mass is 456 g/mol. The molecule has 0 radical (unpaired) electrons. The van der Waals surface area contributed by atoms with Gasteiger partial charge in [-0.05, 0) is 36.8 Å². The van der Waals surface area contributed by atoms with Crippen molar-refractivity contribution < 1.29 is 4.79 Å². The highest BCUT2D eigenvalue weighted by Crippen LogP contribution is 2.48. The molecule has 0 unspecified atom stereocenters. The first-order valence-corrected chi connectivity index (χ1v) is 11.3. The van der Waals surface area contributed by atoms with E-state index in [1.165, 1.54) is 18.4 Å². The number of hydrogen-bond donors (Lipinski definition) is 1. The predicted molar refractivity (Wildman–Crippen MR) is 129 cm³/mol. The Morgan fingerprint density at radius 1 is 1.03 bits per heavy atom. The summed E-state index contributed by atoms with van der Waals surface area (Å²) >= 11 is 0. The van der Waals surface area contributed by atoms with Gasteiger partial charge in [0.25, 0.3) is 0 Å². The molecule has 5 rings (SSSR count). The van der Waals surface area contributed by atoms with E-state index in [4.69, 9.17) is 5.73 Å². The molecule has 174 valence electrons. The molecule has 4 aromatic rings. The minimum absolute atomic E-state index is 0.00420. The number of carbonyl (C=O) groups is 1. The number of anilines is 1. The maximum atomic E-state index is 12.0. The van der Waals surface area contributed by atoms with Crippen LogP contribution in [0.5, 0.6) is 0 Å². The lowest BCUT2D eigenvalue weighted by molar-refractivity contribution is -0.129. The van der Waals surface area contributed by atoms with Crippen LogP contribution in [0.25, 0.3) is 22.4 Å². The van der Waals surface area contributed by atoms with Crippen molar-refractivity contribution in [3.8, 4) is 22.4 Å². The van der Waals surface area contributed by atoms with Crippen molar-refractivity contribution in [2.45, 2.75) is 31.8 Å². The summed E-state index contributed by atoms with van der Waals surface area (Å²) in [6.07, 6.45) is 13.5. The lowest BCUT2D eigenvalue weighted by Gasteiger charge is -2.32. The van der Waals surface area contributed by atoms with E-state index < -0.39 is 0 Å². The average molecular weight is 457 g/mol. The zero-order valence-electron chi connectivity index (χ0n) is 19.6. The quantitative estimate of drug-likeness (QED) is 0.458. The predicted octanol–water partition coefficient (Wildman–Crippen LogP) is 3.05. The third-order valence-corrected chi connectivity index (χ3v) is 6.69. The molecule has 1 aliphatic carbocycles. The first-order valence-electron chi connectivity index (χ1n) is 11.3. The number of hydrogen-bond acceptors (Lipinski definition) is 6. The van der Waals surface area contributed by atoms with Crippen LogP contribution in [-0.2, 0) is 16.9 Å². The summed E-state index contributed by atoms with van der Waals surface area (Å²) < 4.78 is 3.86. The summed E-state index contributed by atoms with van der Waals surface area (Å²) in [5, 5.41) is 4.34. The van der Waals surface area contributed by atoms with Crippen LogP contribution < -0.4 is 5.73 Å². The maximum Gasteiger partial charge on any atom is 0.243 e. The van der Waals surface area contributed by atoms with Gasteiger partial charge in [0, 0.05) is 50.0 Å². The van der Waals surface area contributed by atoms with Crippen LogP contribution in [0, 0.1) is 5.92 Å². The smallest absolute Gasteiger partial charge is 0.243 e. The van der Waals surface area contributed by atoms with Gasteiger partial charge in [-0.1, -0.05) is 24.3 Å². The Kier molecular flexibility index (Phi) is 5.39. The third kappa shape index (κ3) is 4.05. The summed E-state index contributed by atoms with van der Waals surface area (Å²) in [4.78, 5) is 26.4. The second-order valence-electron chi connectivity index (χ2n) is 9.21. The van der Waals surface area contributed by atoms with E-state index in [9.17, 15) is 4.79 Å². The van der Waals surface area contributed by atoms with Crippen molar-refractivity contribution in [3.63, 3.8) is 0 Å². The number of benzene rings is 1. The Hall–Kier alpha value is -4.01. The second-order valence-corrected chi connectivity index (χ2v) is 9.21. The van der Waals surface area contributed by atoms with Gasteiger partial charge in [-0.15, -0.1) is 0 Å². The van der Waals surface area contributed by atoms with Crippen LogP contribution in [0.2, 0.25) is 0 Å². The molecule has 0 saturated heterocycles. The molecule has 9 nitrogen and oxygen atoms in total. The second kappa shape index (κ2) is 8.40. The van der Waals surface area contributed by atoms with E-state index in [0.29, 0.717) is 5.92 Å². The number of rotatable bonds is 7. The summed E-state index contributed by atoms with van der Waals surface area (Å²) in [5.41, 5.74) is 10.3. The van der Waals surface area contributed by atoms with E-state index in [-0.39, 0.29) is 23.9 Å². The highest BCUT2D eigenvalue weighted by molar-refractivity contribution is 5.75. The molecule has 9 heteroatoms. The van der Waals surface area contributed by atoms with Crippen molar-refractivity contribution in [1.29, 1.82) is 0 Å². The molecular weight excluding hydrogens is 428 g/mol. The molecule has 34 heavy (non-hydrogen) atoms. The van der Waals surface area contributed by atoms with Crippen LogP contribution in [0.15, 0.2) is 61.6 Å². The topological polar surface area (TPSA) is 108 Å². The van der Waals surface area contributed by atoms with Gasteiger partial charge < -0.3 is 15.2 Å². The Balaban J connectivity index is 1.41. The molecule has 0 aliphatic heterocycles. The lowest BCUT2D eigenvalue weighted by atomic mass is 9.86. The Labute approximate surface area is 198 Å². The summed E-state index contributed by atoms with van der Waals surface area (Å²) in [6, 6.07) is 8.56. The fraction of sp³-hybridized carbons (Fsp3) is 0.320. The average Bonchev–Trinajstić information content (AvgIpc) is 3.39. The Morgan fingerprint density at radius 3 is 2.38 bits per heavy atom. The number of carbonyl (C=O) groups excluding carboxylic acids is 1. The number of nitrogen functional groups attached to an aromatic ring is 1. The summed E-state index contributed by atoms with van der Waals surface area (Å²) in [5.74, 6) is 0.809. The van der Waals surface area contributed by atoms with Crippen LogP contribution in [0.3, 0.4) is 0 Å². The standard InChI is InChI=1S/C25H28N8O/c1-25(21-8-9-21,20-6-4-17(5-7-20)18-10-27-24(26)28-11-18)32-14-22(29-16-32)19-12-30-33(13-19)15-23(34)31(2)3/h4-7,10-14,16,21H,8-9,15H2,1-3H3,(H2,26,27,28)/t25-/m0/s1. The summed E-state index contributed by atoms with van der Waals surface area (Å²) in [7, 11) is 3.48. The van der Waals surface area contributed by atoms with E-state index in [1.807, 2.05) is 12.5 Å². The molecule has 1 aromatic carbocycles. The zero-order valence-corrected chi connectivity index (χ0v) is 19.6. The van der Waals surface area contributed by atoms with Gasteiger partial charge in [0.05, 0.1) is 23.8 Å². The van der Waals surface area contributed by atoms with Gasteiger partial charge in [0.1, 0.15) is 6.54 Å². The zero-order chi connectivity index (χ0) is 23.9. The van der Waals surface area contributed by atoms with Crippen molar-refractivity contribution in [2.75, 3.05) is 19.8 Å². The SMILES string of the molecule is CN(C)C(=O)Cn1cc(-c2cn([C@@](C)(c3ccc(-c4cnc(N)nc4)cc3)C3CC3)cn2)cn1. The molecule has 3 heterocycles. The number of likely N-dealkylation sites (N-methyl/N-ethyl adjacent to an activating group) is 1. The molecule has 1 aliphatic rings. The first-order chi connectivity index (χ1) is 16.3. The normalized spacial score (nSPS) is 15.1. The van der Waals surface area contributed by atoms with Gasteiger partial charge in [-0.3, -0.25) is 9.48 Å². The van der Waals surface area contributed by atoms with E-state index in [0.717, 1.165) is 22.4 Å². The third-order valence-electron chi connectivity index (χ3n) is 6.69. The van der Waals surface area contributed by atoms with Gasteiger partial charge in [0.2, 0.25) is 11.9 Å². The van der Waals surface area contributed by atoms with Crippen LogP contribution in [0.1, 0.15) is 25.3 Å². The molecule has 1 fully saturated rings. The Bertz CT molecular complexity index is 1300. The van der Waals surface area contributed by atoms with Crippen molar-refractivity contribution in [3.05, 3.63) is 67.1 Å². The summed E-state index contributed by atoms with van der Waals surface area (Å²) in [6.45, 7) is 2.48. The fourth-order valence-electron chi connectivity index (χ4n) is 4.32. The Morgan fingerprint density at radius 2 is 1.74 bits per heavy atom. The largest absolute Gasteiger partial charge is 0.368 e. The van der Waals surface area contributed by atoms with Gasteiger partial charge in [-0.2, -0.15) is 5.10 Å². The molecule has 1 atom stereocenters. The number of nitrogens with two attached hydrogens (primary N) is 1. The molecule has 2 N–H and O–H groups in total. The van der Waals surface area contributed by atoms with Gasteiger partial charge >= 0.3 is 0 Å². The minimum Gasteiger partial charge on any atom is -0.368 e. The first kappa shape index (κ1) is 21.8. The number of nitrogens with zero attached hydrogens (tertiary/aromatic N) is 7. The maximum absolute atomic E-state index is 12.0. The minimum atomic E-state index is -0.210. The van der Waals surface area contributed by atoms with Gasteiger partial charge in [0.15, 0.2) is 0 Å². The van der Waals surface area contributed by atoms with Crippen molar-refractivity contribution in [2.24, 2.45) is 5.92 Å². The van der Waals surface area contributed by atoms with Crippen molar-refractivity contribution >= 4 is 11.9 Å². The van der Waals surface area contributed by atoms with Crippen LogP contribution >= 0.6 is 0 Å². The number of aromatic nitrogens is 6. The molecule has 1 saturated carbocycles. The lowest BCUT2D eigenvalue weighted by Crippen LogP contribution is -2.33. The fourth-order valence-corrected chi connectivity index (χ4v) is 4.32. The van der Waals surface area contributed by atoms with Crippen LogP contribution in [0.4, 0.5) is 5.95 Å². The van der Waals surface area contributed by atoms with Crippen LogP contribution in [-0.4, -0.2) is 54.2 Å². The van der Waals surface area contributed by atoms with E-state index in [2.05, 4.69) is 62.0 Å². The number of amides is 1. The van der Waals surface area contributed by atoms with Crippen molar-refractivity contribution in [1.82, 2.24) is 34.2 Å². The molecular formula is C25H28N8O.